The average Bonchev–Trinajstić information content (AvgIpc) is 3.63. The number of urea groups is 1. The molecule has 262 valence electrons. The van der Waals surface area contributed by atoms with Crippen LogP contribution < -0.4 is 20.5 Å². The molecule has 50 heavy (non-hydrogen) atoms. The molecule has 4 N–H and O–H groups in total. The lowest BCUT2D eigenvalue weighted by Crippen LogP contribution is -2.66. The van der Waals surface area contributed by atoms with E-state index in [1.807, 2.05) is 42.5 Å². The van der Waals surface area contributed by atoms with Gasteiger partial charge in [-0.1, -0.05) is 53.8 Å². The fourth-order valence-electron chi connectivity index (χ4n) is 6.33. The molecular weight excluding hydrogens is 681 g/mol. The van der Waals surface area contributed by atoms with Crippen molar-refractivity contribution in [3.05, 3.63) is 96.1 Å². The molecule has 2 aliphatic rings. The van der Waals surface area contributed by atoms with Gasteiger partial charge < -0.3 is 25.6 Å². The van der Waals surface area contributed by atoms with E-state index in [0.717, 1.165) is 27.6 Å². The molecule has 4 aromatic rings. The molecule has 4 amide bonds. The molecule has 2 fully saturated rings. The highest BCUT2D eigenvalue weighted by molar-refractivity contribution is 7.92. The van der Waals surface area contributed by atoms with E-state index in [9.17, 15) is 22.8 Å². The summed E-state index contributed by atoms with van der Waals surface area (Å²) in [5.41, 5.74) is 9.51. The smallest absolute Gasteiger partial charge is 0.332 e. The van der Waals surface area contributed by atoms with Gasteiger partial charge in [-0.2, -0.15) is 5.01 Å². The number of sulfonamides is 1. The first kappa shape index (κ1) is 34.7. The Morgan fingerprint density at radius 1 is 1.12 bits per heavy atom. The third-order valence-electron chi connectivity index (χ3n) is 8.58. The number of rotatable bonds is 12. The summed E-state index contributed by atoms with van der Waals surface area (Å²) in [6, 6.07) is 18.4. The van der Waals surface area contributed by atoms with Crippen molar-refractivity contribution in [1.29, 1.82) is 0 Å². The number of piperazine rings is 1. The van der Waals surface area contributed by atoms with Gasteiger partial charge in [0.25, 0.3) is 0 Å². The third-order valence-corrected chi connectivity index (χ3v) is 10.0. The number of nitrogens with zero attached hydrogens (tertiary/aromatic N) is 5. The van der Waals surface area contributed by atoms with Gasteiger partial charge in [-0.15, -0.1) is 6.58 Å². The highest BCUT2D eigenvalue weighted by Crippen LogP contribution is 2.32. The number of hydrogen-bond acceptors (Lipinski definition) is 10. The van der Waals surface area contributed by atoms with E-state index in [1.165, 1.54) is 16.3 Å². The molecule has 2 saturated heterocycles. The maximum Gasteiger partial charge on any atom is 0.332 e. The minimum atomic E-state index is -3.48. The number of hydrazine groups is 1. The quantitative estimate of drug-likeness (QED) is 0.186. The molecule has 0 saturated carbocycles. The van der Waals surface area contributed by atoms with Crippen LogP contribution in [0.1, 0.15) is 16.7 Å². The SMILES string of the molecule is C=CCN(C(=O)NCc1ccc(OC)cc1)N1CC(=O)N2[C@@H](Cc3ccc(NS(C)(=O)=O)cc3)C(=O)N(Cc3cccc4sc(N)nc34)C[C@@H]21. The molecule has 1 aromatic heterocycles. The number of benzene rings is 3. The van der Waals surface area contributed by atoms with Crippen molar-refractivity contribution in [2.75, 3.05) is 43.5 Å². The fraction of sp³-hybridized carbons (Fsp3) is 0.294. The Kier molecular flexibility index (Phi) is 9.95. The van der Waals surface area contributed by atoms with E-state index in [4.69, 9.17) is 10.5 Å². The zero-order valence-corrected chi connectivity index (χ0v) is 29.2. The monoisotopic (exact) mass is 718 g/mol. The van der Waals surface area contributed by atoms with Crippen LogP contribution in [0.25, 0.3) is 10.2 Å². The highest BCUT2D eigenvalue weighted by atomic mass is 32.2. The average molecular weight is 719 g/mol. The number of carbonyl (C=O) groups excluding carboxylic acids is 3. The zero-order valence-electron chi connectivity index (χ0n) is 27.6. The van der Waals surface area contributed by atoms with Crippen molar-refractivity contribution in [1.82, 2.24) is 30.1 Å². The molecule has 14 nitrogen and oxygen atoms in total. The Morgan fingerprint density at radius 2 is 1.84 bits per heavy atom. The number of para-hydroxylation sites is 1. The summed E-state index contributed by atoms with van der Waals surface area (Å²) in [7, 11) is -1.89. The van der Waals surface area contributed by atoms with Gasteiger partial charge in [-0.05, 0) is 47.0 Å². The van der Waals surface area contributed by atoms with Crippen molar-refractivity contribution in [3.8, 4) is 5.75 Å². The van der Waals surface area contributed by atoms with Crippen LogP contribution >= 0.6 is 11.3 Å². The third kappa shape index (κ3) is 7.51. The maximum absolute atomic E-state index is 14.3. The van der Waals surface area contributed by atoms with E-state index in [1.54, 1.807) is 52.3 Å². The molecular formula is C34H38N8O6S2. The van der Waals surface area contributed by atoms with Gasteiger partial charge in [0, 0.05) is 25.2 Å². The first-order valence-corrected chi connectivity index (χ1v) is 18.5. The minimum absolute atomic E-state index is 0.122. The second kappa shape index (κ2) is 14.3. The van der Waals surface area contributed by atoms with Crippen LogP contribution in [0.3, 0.4) is 0 Å². The second-order valence-corrected chi connectivity index (χ2v) is 14.9. The summed E-state index contributed by atoms with van der Waals surface area (Å²) < 4.78 is 32.0. The van der Waals surface area contributed by atoms with Crippen molar-refractivity contribution in [2.24, 2.45) is 0 Å². The summed E-state index contributed by atoms with van der Waals surface area (Å²) in [5, 5.41) is 6.51. The first-order chi connectivity index (χ1) is 23.9. The summed E-state index contributed by atoms with van der Waals surface area (Å²) in [5.74, 6) is 0.148. The van der Waals surface area contributed by atoms with Crippen LogP contribution in [0.2, 0.25) is 0 Å². The molecule has 0 unspecified atom stereocenters. The Bertz CT molecular complexity index is 2020. The van der Waals surface area contributed by atoms with Crippen molar-refractivity contribution in [3.63, 3.8) is 0 Å². The lowest BCUT2D eigenvalue weighted by Gasteiger charge is -2.46. The van der Waals surface area contributed by atoms with Crippen LogP contribution in [0.15, 0.2) is 79.4 Å². The van der Waals surface area contributed by atoms with Gasteiger partial charge in [-0.3, -0.25) is 19.3 Å². The summed E-state index contributed by atoms with van der Waals surface area (Å²) in [4.78, 5) is 49.6. The number of fused-ring (bicyclic) bond motifs is 2. The lowest BCUT2D eigenvalue weighted by atomic mass is 9.99. The van der Waals surface area contributed by atoms with Crippen molar-refractivity contribution >= 4 is 60.2 Å². The van der Waals surface area contributed by atoms with E-state index in [2.05, 4.69) is 21.6 Å². The lowest BCUT2D eigenvalue weighted by molar-refractivity contribution is -0.157. The van der Waals surface area contributed by atoms with E-state index >= 15 is 0 Å². The molecule has 0 bridgehead atoms. The van der Waals surface area contributed by atoms with Crippen LogP contribution in [0, 0.1) is 0 Å². The molecule has 3 heterocycles. The number of hydrogen-bond donors (Lipinski definition) is 3. The molecule has 16 heteroatoms. The Labute approximate surface area is 294 Å². The molecule has 2 aliphatic heterocycles. The minimum Gasteiger partial charge on any atom is -0.497 e. The predicted octanol–water partition coefficient (Wildman–Crippen LogP) is 3.00. The number of amides is 4. The number of methoxy groups -OCH3 is 1. The number of anilines is 2. The molecule has 6 rings (SSSR count). The number of nitrogen functional groups attached to an aromatic ring is 1. The van der Waals surface area contributed by atoms with Crippen molar-refractivity contribution < 1.29 is 27.5 Å². The zero-order chi connectivity index (χ0) is 35.6. The number of nitrogens with one attached hydrogen (secondary N) is 2. The van der Waals surface area contributed by atoms with Gasteiger partial charge in [-0.25, -0.2) is 18.2 Å². The van der Waals surface area contributed by atoms with Crippen LogP contribution in [-0.4, -0.2) is 96.3 Å². The second-order valence-electron chi connectivity index (χ2n) is 12.1. The van der Waals surface area contributed by atoms with Gasteiger partial charge in [0.05, 0.1) is 43.2 Å². The van der Waals surface area contributed by atoms with Crippen molar-refractivity contribution in [2.45, 2.75) is 31.7 Å². The Balaban J connectivity index is 1.30. The Hall–Kier alpha value is -5.19. The van der Waals surface area contributed by atoms with E-state index < -0.39 is 28.3 Å². The molecule has 0 radical (unpaired) electrons. The predicted molar refractivity (Wildman–Crippen MR) is 191 cm³/mol. The van der Waals surface area contributed by atoms with Gasteiger partial charge in [0.2, 0.25) is 21.8 Å². The number of carbonyl (C=O) groups is 3. The summed E-state index contributed by atoms with van der Waals surface area (Å²) in [6.07, 6.45) is 2.16. The van der Waals surface area contributed by atoms with Gasteiger partial charge >= 0.3 is 6.03 Å². The van der Waals surface area contributed by atoms with Crippen LogP contribution in [0.4, 0.5) is 15.6 Å². The molecule has 3 aromatic carbocycles. The van der Waals surface area contributed by atoms with Crippen LogP contribution in [0.5, 0.6) is 5.75 Å². The number of thiazole rings is 1. The van der Waals surface area contributed by atoms with E-state index in [0.29, 0.717) is 22.1 Å². The number of ether oxygens (including phenoxy) is 1. The normalized spacial score (nSPS) is 17.9. The summed E-state index contributed by atoms with van der Waals surface area (Å²) in [6.45, 7) is 4.43. The highest BCUT2D eigenvalue weighted by Gasteiger charge is 2.52. The van der Waals surface area contributed by atoms with E-state index in [-0.39, 0.29) is 51.0 Å². The van der Waals surface area contributed by atoms with Gasteiger partial charge in [0.1, 0.15) is 18.0 Å². The number of aromatic nitrogens is 1. The summed E-state index contributed by atoms with van der Waals surface area (Å²) >= 11 is 1.36. The molecule has 2 atom stereocenters. The fourth-order valence-corrected chi connectivity index (χ4v) is 7.68. The first-order valence-electron chi connectivity index (χ1n) is 15.8. The Morgan fingerprint density at radius 3 is 2.52 bits per heavy atom. The van der Waals surface area contributed by atoms with Crippen LogP contribution in [-0.2, 0) is 39.1 Å². The standard InChI is InChI=1S/C34H38N8O6S2/c1-4-16-40(34(45)36-18-23-10-14-26(48-2)15-11-23)41-21-30(43)42-27(17-22-8-12-25(13-9-22)38-50(3,46)47)32(44)39(20-29(41)42)19-24-6-5-7-28-31(24)37-33(35)49-28/h4-15,27,29,38H,1,16-21H2,2-3H3,(H2,35,37)(H,36,45)/t27-,29+/m0/s1. The maximum atomic E-state index is 14.3. The van der Waals surface area contributed by atoms with Gasteiger partial charge in [0.15, 0.2) is 5.13 Å². The topological polar surface area (TPSA) is 171 Å². The number of nitrogens with two attached hydrogens (primary N) is 1. The molecule has 0 spiro atoms. The molecule has 0 aliphatic carbocycles. The largest absolute Gasteiger partial charge is 0.497 e.